The topological polar surface area (TPSA) is 66.9 Å². The molecule has 1 aromatic heterocycles. The Labute approximate surface area is 175 Å². The SMILES string of the molecule is O=C(COC(=O)C12CC3CC(CC(C3)C1)C2)N1CCN(C(=O)c2cccs2)CC1. The van der Waals surface area contributed by atoms with E-state index in [1.165, 1.54) is 30.6 Å². The van der Waals surface area contributed by atoms with E-state index in [2.05, 4.69) is 0 Å². The van der Waals surface area contributed by atoms with Gasteiger partial charge in [0.2, 0.25) is 0 Å². The molecular formula is C22H28N2O4S. The molecule has 4 bridgehead atoms. The second-order valence-electron chi connectivity index (χ2n) is 9.42. The molecule has 156 valence electrons. The van der Waals surface area contributed by atoms with E-state index >= 15 is 0 Å². The molecule has 6 rings (SSSR count). The number of amides is 2. The van der Waals surface area contributed by atoms with Crippen molar-refractivity contribution in [3.63, 3.8) is 0 Å². The van der Waals surface area contributed by atoms with Crippen molar-refractivity contribution in [2.75, 3.05) is 32.8 Å². The number of ether oxygens (including phenoxy) is 1. The fourth-order valence-electron chi connectivity index (χ4n) is 6.45. The lowest BCUT2D eigenvalue weighted by Crippen LogP contribution is -2.53. The summed E-state index contributed by atoms with van der Waals surface area (Å²) in [7, 11) is 0. The van der Waals surface area contributed by atoms with Crippen molar-refractivity contribution in [2.45, 2.75) is 38.5 Å². The Hall–Kier alpha value is -1.89. The van der Waals surface area contributed by atoms with Gasteiger partial charge in [0, 0.05) is 26.2 Å². The van der Waals surface area contributed by atoms with E-state index < -0.39 is 0 Å². The van der Waals surface area contributed by atoms with Gasteiger partial charge in [-0.1, -0.05) is 6.07 Å². The van der Waals surface area contributed by atoms with Crippen LogP contribution in [-0.2, 0) is 14.3 Å². The van der Waals surface area contributed by atoms with E-state index in [-0.39, 0.29) is 29.8 Å². The summed E-state index contributed by atoms with van der Waals surface area (Å²) in [5, 5.41) is 1.89. The highest BCUT2D eigenvalue weighted by Crippen LogP contribution is 2.60. The van der Waals surface area contributed by atoms with Crippen LogP contribution in [0.15, 0.2) is 17.5 Å². The Bertz CT molecular complexity index is 762. The van der Waals surface area contributed by atoms with Gasteiger partial charge in [-0.3, -0.25) is 14.4 Å². The van der Waals surface area contributed by atoms with E-state index in [9.17, 15) is 14.4 Å². The fourth-order valence-corrected chi connectivity index (χ4v) is 7.14. The molecule has 4 aliphatic carbocycles. The Morgan fingerprint density at radius 1 is 0.966 bits per heavy atom. The van der Waals surface area contributed by atoms with Gasteiger partial charge in [0.05, 0.1) is 10.3 Å². The van der Waals surface area contributed by atoms with Crippen molar-refractivity contribution < 1.29 is 19.1 Å². The summed E-state index contributed by atoms with van der Waals surface area (Å²) in [4.78, 5) is 42.1. The van der Waals surface area contributed by atoms with Crippen LogP contribution in [-0.4, -0.2) is 60.4 Å². The molecule has 1 saturated heterocycles. The number of hydrogen-bond acceptors (Lipinski definition) is 5. The maximum atomic E-state index is 12.9. The third-order valence-corrected chi connectivity index (χ3v) is 8.31. The quantitative estimate of drug-likeness (QED) is 0.708. The number of nitrogens with zero attached hydrogens (tertiary/aromatic N) is 2. The fraction of sp³-hybridized carbons (Fsp3) is 0.682. The lowest BCUT2D eigenvalue weighted by Gasteiger charge is -2.55. The first-order valence-corrected chi connectivity index (χ1v) is 11.7. The first-order chi connectivity index (χ1) is 14.0. The first kappa shape index (κ1) is 19.1. The first-order valence-electron chi connectivity index (χ1n) is 10.8. The smallest absolute Gasteiger partial charge is 0.312 e. The highest BCUT2D eigenvalue weighted by molar-refractivity contribution is 7.12. The van der Waals surface area contributed by atoms with E-state index in [0.29, 0.717) is 43.9 Å². The normalized spacial score (nSPS) is 33.0. The number of carbonyl (C=O) groups excluding carboxylic acids is 3. The average Bonchev–Trinajstić information content (AvgIpc) is 3.25. The molecule has 4 saturated carbocycles. The molecule has 0 unspecified atom stereocenters. The van der Waals surface area contributed by atoms with E-state index in [0.717, 1.165) is 24.1 Å². The van der Waals surface area contributed by atoms with Crippen LogP contribution in [0, 0.1) is 23.2 Å². The minimum Gasteiger partial charge on any atom is -0.455 e. The molecule has 2 heterocycles. The minimum atomic E-state index is -0.319. The molecule has 7 heteroatoms. The molecule has 0 N–H and O–H groups in total. The molecule has 5 aliphatic rings. The van der Waals surface area contributed by atoms with Gasteiger partial charge in [0.25, 0.3) is 11.8 Å². The third kappa shape index (κ3) is 3.58. The predicted octanol–water partition coefficient (Wildman–Crippen LogP) is 2.79. The van der Waals surface area contributed by atoms with Crippen LogP contribution in [0.1, 0.15) is 48.2 Å². The molecular weight excluding hydrogens is 388 g/mol. The monoisotopic (exact) mass is 416 g/mol. The van der Waals surface area contributed by atoms with Gasteiger partial charge in [-0.15, -0.1) is 11.3 Å². The van der Waals surface area contributed by atoms with Crippen LogP contribution in [0.4, 0.5) is 0 Å². The molecule has 5 fully saturated rings. The second kappa shape index (κ2) is 7.42. The summed E-state index contributed by atoms with van der Waals surface area (Å²) in [5.74, 6) is 1.78. The Morgan fingerprint density at radius 2 is 1.55 bits per heavy atom. The molecule has 0 atom stereocenters. The van der Waals surface area contributed by atoms with E-state index in [1.54, 1.807) is 9.80 Å². The van der Waals surface area contributed by atoms with Crippen molar-refractivity contribution >= 4 is 29.1 Å². The number of hydrogen-bond donors (Lipinski definition) is 0. The highest BCUT2D eigenvalue weighted by Gasteiger charge is 2.55. The van der Waals surface area contributed by atoms with Gasteiger partial charge < -0.3 is 14.5 Å². The number of carbonyl (C=O) groups is 3. The zero-order valence-electron chi connectivity index (χ0n) is 16.7. The lowest BCUT2D eigenvalue weighted by atomic mass is 9.49. The second-order valence-corrected chi connectivity index (χ2v) is 10.4. The summed E-state index contributed by atoms with van der Waals surface area (Å²) in [6, 6.07) is 3.70. The van der Waals surface area contributed by atoms with E-state index in [4.69, 9.17) is 4.74 Å². The number of rotatable bonds is 4. The van der Waals surface area contributed by atoms with Gasteiger partial charge in [-0.25, -0.2) is 0 Å². The van der Waals surface area contributed by atoms with Gasteiger partial charge >= 0.3 is 5.97 Å². The van der Waals surface area contributed by atoms with Crippen LogP contribution >= 0.6 is 11.3 Å². The van der Waals surface area contributed by atoms with Crippen LogP contribution in [0.2, 0.25) is 0 Å². The summed E-state index contributed by atoms with van der Waals surface area (Å²) in [5.41, 5.74) is -0.319. The van der Waals surface area contributed by atoms with Crippen molar-refractivity contribution in [2.24, 2.45) is 23.2 Å². The zero-order valence-corrected chi connectivity index (χ0v) is 17.5. The largest absolute Gasteiger partial charge is 0.455 e. The van der Waals surface area contributed by atoms with Crippen LogP contribution in [0.25, 0.3) is 0 Å². The molecule has 1 aliphatic heterocycles. The van der Waals surface area contributed by atoms with Gasteiger partial charge in [-0.2, -0.15) is 0 Å². The van der Waals surface area contributed by atoms with Crippen molar-refractivity contribution in [1.29, 1.82) is 0 Å². The maximum Gasteiger partial charge on any atom is 0.312 e. The van der Waals surface area contributed by atoms with Gasteiger partial charge in [0.1, 0.15) is 0 Å². The predicted molar refractivity (Wildman–Crippen MR) is 108 cm³/mol. The van der Waals surface area contributed by atoms with Crippen LogP contribution in [0.5, 0.6) is 0 Å². The van der Waals surface area contributed by atoms with E-state index in [1.807, 2.05) is 17.5 Å². The average molecular weight is 417 g/mol. The van der Waals surface area contributed by atoms with Crippen LogP contribution in [0.3, 0.4) is 0 Å². The van der Waals surface area contributed by atoms with Crippen molar-refractivity contribution in [3.05, 3.63) is 22.4 Å². The third-order valence-electron chi connectivity index (χ3n) is 7.45. The van der Waals surface area contributed by atoms with Gasteiger partial charge in [-0.05, 0) is 67.7 Å². The summed E-state index contributed by atoms with van der Waals surface area (Å²) in [6.07, 6.45) is 6.69. The van der Waals surface area contributed by atoms with Crippen molar-refractivity contribution in [1.82, 2.24) is 9.80 Å². The lowest BCUT2D eigenvalue weighted by molar-refractivity contribution is -0.174. The summed E-state index contributed by atoms with van der Waals surface area (Å²) >= 11 is 1.44. The summed E-state index contributed by atoms with van der Waals surface area (Å²) in [6.45, 7) is 1.85. The van der Waals surface area contributed by atoms with Gasteiger partial charge in [0.15, 0.2) is 6.61 Å². The van der Waals surface area contributed by atoms with Crippen LogP contribution < -0.4 is 0 Å². The molecule has 29 heavy (non-hydrogen) atoms. The maximum absolute atomic E-state index is 12.9. The molecule has 0 aromatic carbocycles. The number of piperazine rings is 1. The Kier molecular flexibility index (Phi) is 4.88. The van der Waals surface area contributed by atoms with Crippen molar-refractivity contribution in [3.8, 4) is 0 Å². The Balaban J connectivity index is 1.11. The molecule has 6 nitrogen and oxygen atoms in total. The molecule has 0 radical (unpaired) electrons. The molecule has 1 aromatic rings. The zero-order chi connectivity index (χ0) is 20.0. The minimum absolute atomic E-state index is 0.0281. The number of thiophene rings is 1. The number of esters is 1. The Morgan fingerprint density at radius 3 is 2.10 bits per heavy atom. The molecule has 2 amide bonds. The molecule has 0 spiro atoms. The standard InChI is InChI=1S/C22H28N2O4S/c25-19(23-3-5-24(6-4-23)20(26)18-2-1-7-29-18)14-28-21(27)22-11-15-8-16(12-22)10-17(9-15)13-22/h1-2,7,15-17H,3-6,8-14H2. The highest BCUT2D eigenvalue weighted by atomic mass is 32.1. The summed E-state index contributed by atoms with van der Waals surface area (Å²) < 4.78 is 5.57.